The molecule has 2 N–H and O–H groups in total. The van der Waals surface area contributed by atoms with Gasteiger partial charge in [0.05, 0.1) is 37.2 Å². The molecule has 33 heavy (non-hydrogen) atoms. The standard InChI is InChI=1S/C22H22F3N5O3/c1-12-15-3-2-14(22(23,24)25)8-13(15)4-5-30(12)20(31)18-11-29(6-7-32-18)17-10-27-9-16-19(17)33-21(26)28-16/h2-3,8-10,12,18H,4-7,11H2,1H3,(H2,26,28)/t12-,18+/m0/s1. The summed E-state index contributed by atoms with van der Waals surface area (Å²) in [5.41, 5.74) is 8.05. The zero-order valence-electron chi connectivity index (χ0n) is 17.8. The summed E-state index contributed by atoms with van der Waals surface area (Å²) in [6, 6.07) is 3.40. The number of alkyl halides is 3. The molecule has 1 aromatic carbocycles. The maximum atomic E-state index is 13.4. The number of carbonyl (C=O) groups is 1. The van der Waals surface area contributed by atoms with Crippen LogP contribution in [0.15, 0.2) is 35.0 Å². The quantitative estimate of drug-likeness (QED) is 0.626. The topological polar surface area (TPSA) is 97.7 Å². The van der Waals surface area contributed by atoms with Crippen LogP contribution in [0.25, 0.3) is 11.1 Å². The molecule has 2 aliphatic heterocycles. The zero-order chi connectivity index (χ0) is 23.3. The number of carbonyl (C=O) groups excluding carboxylic acids is 1. The van der Waals surface area contributed by atoms with Gasteiger partial charge < -0.3 is 24.7 Å². The van der Waals surface area contributed by atoms with E-state index in [0.717, 1.165) is 11.6 Å². The Morgan fingerprint density at radius 2 is 2.06 bits per heavy atom. The highest BCUT2D eigenvalue weighted by Crippen LogP contribution is 2.36. The SMILES string of the molecule is C[C@H]1c2ccc(C(F)(F)F)cc2CCN1C(=O)[C@H]1CN(c2cncc3nc(N)oc23)CCO1. The molecule has 2 atom stereocenters. The largest absolute Gasteiger partial charge is 0.421 e. The van der Waals surface area contributed by atoms with E-state index in [9.17, 15) is 18.0 Å². The molecule has 3 aromatic rings. The highest BCUT2D eigenvalue weighted by Gasteiger charge is 2.37. The summed E-state index contributed by atoms with van der Waals surface area (Å²) >= 11 is 0. The van der Waals surface area contributed by atoms with Crippen molar-refractivity contribution in [3.05, 3.63) is 47.3 Å². The van der Waals surface area contributed by atoms with Gasteiger partial charge >= 0.3 is 6.18 Å². The number of amides is 1. The van der Waals surface area contributed by atoms with Crippen molar-refractivity contribution >= 4 is 28.7 Å². The van der Waals surface area contributed by atoms with Crippen molar-refractivity contribution in [3.8, 4) is 0 Å². The average molecular weight is 461 g/mol. The highest BCUT2D eigenvalue weighted by molar-refractivity contribution is 5.88. The van der Waals surface area contributed by atoms with Crippen molar-refractivity contribution in [1.29, 1.82) is 0 Å². The summed E-state index contributed by atoms with van der Waals surface area (Å²) in [5.74, 6) is -0.199. The van der Waals surface area contributed by atoms with E-state index in [1.54, 1.807) is 17.3 Å². The number of fused-ring (bicyclic) bond motifs is 2. The summed E-state index contributed by atoms with van der Waals surface area (Å²) < 4.78 is 50.5. The minimum atomic E-state index is -4.39. The second-order valence-corrected chi connectivity index (χ2v) is 8.23. The number of aromatic nitrogens is 2. The van der Waals surface area contributed by atoms with E-state index in [2.05, 4.69) is 9.97 Å². The second-order valence-electron chi connectivity index (χ2n) is 8.23. The lowest BCUT2D eigenvalue weighted by atomic mass is 9.91. The first-order chi connectivity index (χ1) is 15.7. The Balaban J connectivity index is 1.35. The summed E-state index contributed by atoms with van der Waals surface area (Å²) in [6.07, 6.45) is -1.58. The average Bonchev–Trinajstić information content (AvgIpc) is 3.18. The van der Waals surface area contributed by atoms with Crippen LogP contribution in [-0.2, 0) is 22.1 Å². The molecule has 1 saturated heterocycles. The van der Waals surface area contributed by atoms with Gasteiger partial charge in [-0.2, -0.15) is 18.2 Å². The zero-order valence-corrected chi connectivity index (χ0v) is 17.8. The number of anilines is 2. The minimum absolute atomic E-state index is 0.0367. The number of oxazole rings is 1. The van der Waals surface area contributed by atoms with E-state index >= 15 is 0 Å². The molecule has 0 saturated carbocycles. The molecule has 1 amide bonds. The number of ether oxygens (including phenoxy) is 1. The number of nitrogens with two attached hydrogens (primary N) is 1. The minimum Gasteiger partial charge on any atom is -0.421 e. The number of halogens is 3. The van der Waals surface area contributed by atoms with Gasteiger partial charge in [0, 0.05) is 13.1 Å². The van der Waals surface area contributed by atoms with Gasteiger partial charge in [0.15, 0.2) is 11.7 Å². The molecule has 5 rings (SSSR count). The van der Waals surface area contributed by atoms with E-state index in [0.29, 0.717) is 48.5 Å². The fraction of sp³-hybridized carbons (Fsp3) is 0.409. The van der Waals surface area contributed by atoms with Gasteiger partial charge in [-0.05, 0) is 36.6 Å². The molecule has 0 aliphatic carbocycles. The van der Waals surface area contributed by atoms with Gasteiger partial charge in [-0.25, -0.2) is 0 Å². The predicted octanol–water partition coefficient (Wildman–Crippen LogP) is 3.17. The van der Waals surface area contributed by atoms with E-state index in [1.165, 1.54) is 12.1 Å². The molecular formula is C22H22F3N5O3. The molecule has 2 aliphatic rings. The number of benzene rings is 1. The van der Waals surface area contributed by atoms with Gasteiger partial charge in [-0.1, -0.05) is 6.07 Å². The maximum Gasteiger partial charge on any atom is 0.416 e. The molecule has 0 bridgehead atoms. The van der Waals surface area contributed by atoms with Crippen molar-refractivity contribution < 1.29 is 27.1 Å². The Labute approximate surface area is 187 Å². The third-order valence-corrected chi connectivity index (χ3v) is 6.27. The first kappa shape index (κ1) is 21.5. The molecular weight excluding hydrogens is 439 g/mol. The molecule has 8 nitrogen and oxygen atoms in total. The van der Waals surface area contributed by atoms with Crippen LogP contribution in [0.5, 0.6) is 0 Å². The fourth-order valence-corrected chi connectivity index (χ4v) is 4.59. The molecule has 0 radical (unpaired) electrons. The normalized spacial score (nSPS) is 21.3. The molecule has 2 aromatic heterocycles. The first-order valence-corrected chi connectivity index (χ1v) is 10.6. The lowest BCUT2D eigenvalue weighted by Crippen LogP contribution is -2.52. The maximum absolute atomic E-state index is 13.4. The van der Waals surface area contributed by atoms with Crippen molar-refractivity contribution in [3.63, 3.8) is 0 Å². The number of pyridine rings is 1. The van der Waals surface area contributed by atoms with E-state index in [-0.39, 0.29) is 24.5 Å². The Bertz CT molecular complexity index is 1210. The lowest BCUT2D eigenvalue weighted by molar-refractivity contribution is -0.147. The highest BCUT2D eigenvalue weighted by atomic mass is 19.4. The van der Waals surface area contributed by atoms with Gasteiger partial charge in [0.25, 0.3) is 11.9 Å². The Hall–Kier alpha value is -3.34. The number of nitrogens with zero attached hydrogens (tertiary/aromatic N) is 4. The second kappa shape index (κ2) is 7.91. The van der Waals surface area contributed by atoms with Crippen LogP contribution < -0.4 is 10.6 Å². The van der Waals surface area contributed by atoms with Crippen LogP contribution in [0.3, 0.4) is 0 Å². The first-order valence-electron chi connectivity index (χ1n) is 10.6. The van der Waals surface area contributed by atoms with Crippen LogP contribution in [0.1, 0.15) is 29.7 Å². The molecule has 0 unspecified atom stereocenters. The van der Waals surface area contributed by atoms with Gasteiger partial charge in [-0.15, -0.1) is 0 Å². The summed E-state index contributed by atoms with van der Waals surface area (Å²) in [4.78, 5) is 25.3. The van der Waals surface area contributed by atoms with Crippen molar-refractivity contribution in [2.24, 2.45) is 0 Å². The lowest BCUT2D eigenvalue weighted by Gasteiger charge is -2.40. The van der Waals surface area contributed by atoms with Crippen molar-refractivity contribution in [2.45, 2.75) is 31.7 Å². The van der Waals surface area contributed by atoms with Crippen LogP contribution in [-0.4, -0.2) is 53.1 Å². The van der Waals surface area contributed by atoms with Crippen LogP contribution in [0.4, 0.5) is 24.9 Å². The monoisotopic (exact) mass is 461 g/mol. The molecule has 1 fully saturated rings. The third-order valence-electron chi connectivity index (χ3n) is 6.27. The Morgan fingerprint density at radius 1 is 1.24 bits per heavy atom. The number of morpholine rings is 1. The number of hydrogen-bond acceptors (Lipinski definition) is 7. The smallest absolute Gasteiger partial charge is 0.416 e. The van der Waals surface area contributed by atoms with Crippen LogP contribution in [0.2, 0.25) is 0 Å². The van der Waals surface area contributed by atoms with Crippen LogP contribution in [0, 0.1) is 0 Å². The van der Waals surface area contributed by atoms with Gasteiger partial charge in [0.1, 0.15) is 11.2 Å². The van der Waals surface area contributed by atoms with Crippen molar-refractivity contribution in [2.75, 3.05) is 36.9 Å². The summed E-state index contributed by atoms with van der Waals surface area (Å²) in [6.45, 7) is 3.28. The van der Waals surface area contributed by atoms with Gasteiger partial charge in [0.2, 0.25) is 0 Å². The third kappa shape index (κ3) is 3.86. The molecule has 11 heteroatoms. The fourth-order valence-electron chi connectivity index (χ4n) is 4.59. The molecule has 174 valence electrons. The van der Waals surface area contributed by atoms with Gasteiger partial charge in [-0.3, -0.25) is 9.78 Å². The predicted molar refractivity (Wildman–Crippen MR) is 113 cm³/mol. The Morgan fingerprint density at radius 3 is 2.85 bits per heavy atom. The van der Waals surface area contributed by atoms with E-state index in [4.69, 9.17) is 14.9 Å². The number of hydrogen-bond donors (Lipinski definition) is 1. The van der Waals surface area contributed by atoms with E-state index in [1.807, 2.05) is 11.8 Å². The van der Waals surface area contributed by atoms with E-state index < -0.39 is 17.8 Å². The molecule has 4 heterocycles. The van der Waals surface area contributed by atoms with Crippen LogP contribution >= 0.6 is 0 Å². The molecule has 0 spiro atoms. The van der Waals surface area contributed by atoms with Crippen molar-refractivity contribution in [1.82, 2.24) is 14.9 Å². The number of rotatable bonds is 2. The summed E-state index contributed by atoms with van der Waals surface area (Å²) in [7, 11) is 0. The number of nitrogen functional groups attached to an aromatic ring is 1. The summed E-state index contributed by atoms with van der Waals surface area (Å²) in [5, 5.41) is 0. The Kier molecular flexibility index (Phi) is 5.15.